The molecular weight excluding hydrogens is 549 g/mol. The summed E-state index contributed by atoms with van der Waals surface area (Å²) in [6, 6.07) is 19.7. The molecule has 4 aromatic rings. The van der Waals surface area contributed by atoms with E-state index < -0.39 is 0 Å². The summed E-state index contributed by atoms with van der Waals surface area (Å²) in [4.78, 5) is 33.1. The highest BCUT2D eigenvalue weighted by Gasteiger charge is 2.25. The summed E-state index contributed by atoms with van der Waals surface area (Å²) in [7, 11) is 1.60. The van der Waals surface area contributed by atoms with Crippen LogP contribution in [0.4, 0.5) is 4.39 Å². The van der Waals surface area contributed by atoms with Crippen molar-refractivity contribution in [3.05, 3.63) is 94.2 Å². The normalized spacial score (nSPS) is 13.9. The highest BCUT2D eigenvalue weighted by atomic mass is 79.9. The van der Waals surface area contributed by atoms with Crippen molar-refractivity contribution >= 4 is 44.7 Å². The molecule has 3 aromatic carbocycles. The fourth-order valence-electron chi connectivity index (χ4n) is 4.78. The van der Waals surface area contributed by atoms with Crippen molar-refractivity contribution in [2.24, 2.45) is 0 Å². The lowest BCUT2D eigenvalue weighted by Gasteiger charge is -2.34. The molecule has 0 bridgehead atoms. The van der Waals surface area contributed by atoms with Gasteiger partial charge in [0.05, 0.1) is 19.2 Å². The highest BCUT2D eigenvalue weighted by Crippen LogP contribution is 2.33. The SMILES string of the molecule is COc1ccccc1/C=C/C(=O)N1CCN(C(=O)Cc2c(-c3ccc(F)cc3)[nH]c3ccc(Br)cc23)CC1. The number of rotatable bonds is 6. The van der Waals surface area contributed by atoms with Gasteiger partial charge in [-0.2, -0.15) is 0 Å². The Morgan fingerprint density at radius 2 is 1.71 bits per heavy atom. The maximum absolute atomic E-state index is 13.6. The van der Waals surface area contributed by atoms with Gasteiger partial charge in [0.25, 0.3) is 0 Å². The van der Waals surface area contributed by atoms with Crippen molar-refractivity contribution in [3.63, 3.8) is 0 Å². The average molecular weight is 576 g/mol. The molecule has 1 aromatic heterocycles. The van der Waals surface area contributed by atoms with Gasteiger partial charge >= 0.3 is 0 Å². The molecule has 2 heterocycles. The lowest BCUT2D eigenvalue weighted by atomic mass is 10.0. The van der Waals surface area contributed by atoms with Crippen LogP contribution in [0.3, 0.4) is 0 Å². The van der Waals surface area contributed by atoms with Crippen molar-refractivity contribution in [2.45, 2.75) is 6.42 Å². The summed E-state index contributed by atoms with van der Waals surface area (Å²) in [6.07, 6.45) is 3.50. The Labute approximate surface area is 228 Å². The molecule has 194 valence electrons. The van der Waals surface area contributed by atoms with E-state index in [9.17, 15) is 14.0 Å². The third-order valence-electron chi connectivity index (χ3n) is 6.82. The number of carbonyl (C=O) groups is 2. The molecule has 2 amide bonds. The van der Waals surface area contributed by atoms with Crippen LogP contribution in [0.5, 0.6) is 5.75 Å². The largest absolute Gasteiger partial charge is 0.496 e. The molecule has 0 saturated carbocycles. The number of H-pyrrole nitrogens is 1. The first-order valence-electron chi connectivity index (χ1n) is 12.4. The number of methoxy groups -OCH3 is 1. The van der Waals surface area contributed by atoms with E-state index in [1.165, 1.54) is 12.1 Å². The summed E-state index contributed by atoms with van der Waals surface area (Å²) in [5, 5.41) is 0.947. The minimum atomic E-state index is -0.310. The number of ether oxygens (including phenoxy) is 1. The predicted octanol–water partition coefficient (Wildman–Crippen LogP) is 5.67. The summed E-state index contributed by atoms with van der Waals surface area (Å²) in [6.45, 7) is 1.85. The van der Waals surface area contributed by atoms with E-state index in [0.29, 0.717) is 31.9 Å². The molecular formula is C30H27BrFN3O3. The lowest BCUT2D eigenvalue weighted by Crippen LogP contribution is -2.50. The molecule has 0 atom stereocenters. The first-order chi connectivity index (χ1) is 18.4. The number of hydrogen-bond acceptors (Lipinski definition) is 3. The van der Waals surface area contributed by atoms with Gasteiger partial charge < -0.3 is 19.5 Å². The number of piperazine rings is 1. The Balaban J connectivity index is 1.28. The predicted molar refractivity (Wildman–Crippen MR) is 150 cm³/mol. The zero-order chi connectivity index (χ0) is 26.6. The highest BCUT2D eigenvalue weighted by molar-refractivity contribution is 9.10. The minimum Gasteiger partial charge on any atom is -0.496 e. The van der Waals surface area contributed by atoms with Crippen LogP contribution in [0.1, 0.15) is 11.1 Å². The Hall–Kier alpha value is -3.91. The van der Waals surface area contributed by atoms with Crippen LogP contribution < -0.4 is 4.74 Å². The summed E-state index contributed by atoms with van der Waals surface area (Å²) >= 11 is 3.53. The molecule has 0 aliphatic carbocycles. The third-order valence-corrected chi connectivity index (χ3v) is 7.31. The van der Waals surface area contributed by atoms with Gasteiger partial charge in [-0.3, -0.25) is 9.59 Å². The number of para-hydroxylation sites is 1. The van der Waals surface area contributed by atoms with Gasteiger partial charge in [-0.1, -0.05) is 34.1 Å². The molecule has 1 saturated heterocycles. The Morgan fingerprint density at radius 1 is 1.00 bits per heavy atom. The first kappa shape index (κ1) is 25.7. The molecule has 0 unspecified atom stereocenters. The van der Waals surface area contributed by atoms with Gasteiger partial charge in [0, 0.05) is 53.2 Å². The number of hydrogen-bond donors (Lipinski definition) is 1. The minimum absolute atomic E-state index is 0.00843. The zero-order valence-corrected chi connectivity index (χ0v) is 22.5. The first-order valence-corrected chi connectivity index (χ1v) is 13.2. The molecule has 1 aliphatic heterocycles. The van der Waals surface area contributed by atoms with Crippen molar-refractivity contribution < 1.29 is 18.7 Å². The van der Waals surface area contributed by atoms with Crippen LogP contribution in [0.25, 0.3) is 28.2 Å². The molecule has 6 nitrogen and oxygen atoms in total. The molecule has 8 heteroatoms. The van der Waals surface area contributed by atoms with Crippen LogP contribution in [0.15, 0.2) is 77.3 Å². The van der Waals surface area contributed by atoms with E-state index in [2.05, 4.69) is 20.9 Å². The molecule has 1 N–H and O–H groups in total. The fourth-order valence-corrected chi connectivity index (χ4v) is 5.14. The van der Waals surface area contributed by atoms with Gasteiger partial charge in [-0.05, 0) is 65.7 Å². The number of nitrogens with one attached hydrogen (secondary N) is 1. The van der Waals surface area contributed by atoms with Crippen LogP contribution in [0.2, 0.25) is 0 Å². The van der Waals surface area contributed by atoms with E-state index in [1.807, 2.05) is 42.5 Å². The van der Waals surface area contributed by atoms with Crippen LogP contribution >= 0.6 is 15.9 Å². The molecule has 38 heavy (non-hydrogen) atoms. The van der Waals surface area contributed by atoms with Crippen LogP contribution in [-0.4, -0.2) is 59.9 Å². The average Bonchev–Trinajstić information content (AvgIpc) is 3.29. The topological polar surface area (TPSA) is 65.6 Å². The summed E-state index contributed by atoms with van der Waals surface area (Å²) < 4.78 is 19.8. The van der Waals surface area contributed by atoms with Crippen molar-refractivity contribution in [1.29, 1.82) is 0 Å². The molecule has 1 aliphatic rings. The number of aromatic nitrogens is 1. The number of nitrogens with zero attached hydrogens (tertiary/aromatic N) is 2. The number of fused-ring (bicyclic) bond motifs is 1. The number of halogens is 2. The maximum atomic E-state index is 13.6. The summed E-state index contributed by atoms with van der Waals surface area (Å²) in [5.41, 5.74) is 4.24. The fraction of sp³-hybridized carbons (Fsp3) is 0.200. The summed E-state index contributed by atoms with van der Waals surface area (Å²) in [5.74, 6) is 0.292. The van der Waals surface area contributed by atoms with E-state index in [0.717, 1.165) is 37.8 Å². The van der Waals surface area contributed by atoms with Crippen LogP contribution in [0, 0.1) is 5.82 Å². The van der Waals surface area contributed by atoms with Gasteiger partial charge in [-0.15, -0.1) is 0 Å². The molecule has 0 spiro atoms. The van der Waals surface area contributed by atoms with Gasteiger partial charge in [-0.25, -0.2) is 4.39 Å². The monoisotopic (exact) mass is 575 g/mol. The van der Waals surface area contributed by atoms with Crippen LogP contribution in [-0.2, 0) is 16.0 Å². The quantitative estimate of drug-likeness (QED) is 0.301. The number of aromatic amines is 1. The van der Waals surface area contributed by atoms with E-state index >= 15 is 0 Å². The van der Waals surface area contributed by atoms with Crippen molar-refractivity contribution in [2.75, 3.05) is 33.3 Å². The zero-order valence-electron chi connectivity index (χ0n) is 20.9. The molecule has 0 radical (unpaired) electrons. The Bertz CT molecular complexity index is 1510. The lowest BCUT2D eigenvalue weighted by molar-refractivity contribution is -0.136. The molecule has 1 fully saturated rings. The third kappa shape index (κ3) is 5.50. The van der Waals surface area contributed by atoms with E-state index in [1.54, 1.807) is 41.2 Å². The Morgan fingerprint density at radius 3 is 2.45 bits per heavy atom. The number of benzene rings is 3. The second-order valence-electron chi connectivity index (χ2n) is 9.13. The smallest absolute Gasteiger partial charge is 0.246 e. The van der Waals surface area contributed by atoms with E-state index in [-0.39, 0.29) is 24.1 Å². The number of carbonyl (C=O) groups excluding carboxylic acids is 2. The van der Waals surface area contributed by atoms with Crippen molar-refractivity contribution in [3.8, 4) is 17.0 Å². The van der Waals surface area contributed by atoms with Crippen molar-refractivity contribution in [1.82, 2.24) is 14.8 Å². The Kier molecular flexibility index (Phi) is 7.60. The van der Waals surface area contributed by atoms with Gasteiger partial charge in [0.1, 0.15) is 11.6 Å². The standard InChI is InChI=1S/C30H27BrFN3O3/c1-38-27-5-3-2-4-20(27)8-13-28(36)34-14-16-35(17-15-34)29(37)19-25-24-18-22(31)9-12-26(24)33-30(25)21-6-10-23(32)11-7-21/h2-13,18,33H,14-17,19H2,1H3/b13-8+. The van der Waals surface area contributed by atoms with Gasteiger partial charge in [0.2, 0.25) is 11.8 Å². The second-order valence-corrected chi connectivity index (χ2v) is 10.0. The number of amides is 2. The molecule has 5 rings (SSSR count). The maximum Gasteiger partial charge on any atom is 0.246 e. The second kappa shape index (κ2) is 11.2. The van der Waals surface area contributed by atoms with Gasteiger partial charge in [0.15, 0.2) is 0 Å². The van der Waals surface area contributed by atoms with E-state index in [4.69, 9.17) is 4.74 Å².